The van der Waals surface area contributed by atoms with Crippen molar-refractivity contribution in [2.45, 2.75) is 57.1 Å². The number of methoxy groups -OCH3 is 1. The van der Waals surface area contributed by atoms with E-state index in [1.165, 1.54) is 19.3 Å². The van der Waals surface area contributed by atoms with Gasteiger partial charge in [-0.3, -0.25) is 11.3 Å². The zero-order valence-electron chi connectivity index (χ0n) is 11.8. The molecule has 1 aliphatic heterocycles. The van der Waals surface area contributed by atoms with Crippen molar-refractivity contribution >= 4 is 0 Å². The Hall–Kier alpha value is -0.160. The average molecular weight is 256 g/mol. The minimum absolute atomic E-state index is 0.0994. The Bertz CT molecular complexity index is 256. The van der Waals surface area contributed by atoms with E-state index in [0.29, 0.717) is 5.92 Å². The molecule has 0 aromatic carbocycles. The molecule has 0 bridgehead atoms. The quantitative estimate of drug-likeness (QED) is 0.595. The largest absolute Gasteiger partial charge is 0.381 e. The first-order valence-electron chi connectivity index (χ1n) is 7.31. The van der Waals surface area contributed by atoms with Crippen molar-refractivity contribution in [2.24, 2.45) is 17.7 Å². The van der Waals surface area contributed by atoms with Crippen molar-refractivity contribution in [3.63, 3.8) is 0 Å². The number of hydrazine groups is 1. The Morgan fingerprint density at radius 1 is 1.39 bits per heavy atom. The van der Waals surface area contributed by atoms with Gasteiger partial charge in [-0.05, 0) is 31.6 Å². The summed E-state index contributed by atoms with van der Waals surface area (Å²) < 4.78 is 11.6. The fourth-order valence-electron chi connectivity index (χ4n) is 3.88. The molecule has 106 valence electrons. The molecule has 1 saturated carbocycles. The molecule has 4 heteroatoms. The van der Waals surface area contributed by atoms with Gasteiger partial charge in [-0.1, -0.05) is 19.8 Å². The zero-order chi connectivity index (χ0) is 13.0. The standard InChI is InChI=1S/C14H28N2O2/c1-11-5-3-7-14(9-11,17-2)13(16-15)12-6-4-8-18-10-12/h11-13,16H,3-10,15H2,1-2H3. The van der Waals surface area contributed by atoms with Gasteiger partial charge in [0.25, 0.3) is 0 Å². The van der Waals surface area contributed by atoms with Crippen LogP contribution < -0.4 is 11.3 Å². The Morgan fingerprint density at radius 3 is 2.78 bits per heavy atom. The van der Waals surface area contributed by atoms with Crippen LogP contribution in [0.1, 0.15) is 45.4 Å². The molecule has 0 amide bonds. The molecule has 1 aliphatic carbocycles. The molecule has 4 unspecified atom stereocenters. The van der Waals surface area contributed by atoms with E-state index in [4.69, 9.17) is 15.3 Å². The predicted molar refractivity (Wildman–Crippen MR) is 72.0 cm³/mol. The highest BCUT2D eigenvalue weighted by Gasteiger charge is 2.45. The smallest absolute Gasteiger partial charge is 0.0850 e. The Morgan fingerprint density at radius 2 is 2.22 bits per heavy atom. The van der Waals surface area contributed by atoms with E-state index >= 15 is 0 Å². The van der Waals surface area contributed by atoms with Crippen molar-refractivity contribution in [1.82, 2.24) is 5.43 Å². The second-order valence-electron chi connectivity index (χ2n) is 6.09. The zero-order valence-corrected chi connectivity index (χ0v) is 11.8. The highest BCUT2D eigenvalue weighted by Crippen LogP contribution is 2.40. The summed E-state index contributed by atoms with van der Waals surface area (Å²) in [4.78, 5) is 0. The van der Waals surface area contributed by atoms with E-state index in [-0.39, 0.29) is 11.6 Å². The van der Waals surface area contributed by atoms with Crippen LogP contribution in [0.3, 0.4) is 0 Å². The van der Waals surface area contributed by atoms with Crippen LogP contribution in [-0.4, -0.2) is 32.0 Å². The summed E-state index contributed by atoms with van der Waals surface area (Å²) >= 11 is 0. The Balaban J connectivity index is 2.11. The van der Waals surface area contributed by atoms with Crippen LogP contribution >= 0.6 is 0 Å². The second-order valence-corrected chi connectivity index (χ2v) is 6.09. The maximum absolute atomic E-state index is 5.96. The molecule has 1 saturated heterocycles. The van der Waals surface area contributed by atoms with Crippen molar-refractivity contribution in [3.05, 3.63) is 0 Å². The van der Waals surface area contributed by atoms with E-state index in [1.54, 1.807) is 0 Å². The third-order valence-electron chi connectivity index (χ3n) is 4.81. The van der Waals surface area contributed by atoms with Crippen LogP contribution in [0.2, 0.25) is 0 Å². The van der Waals surface area contributed by atoms with E-state index in [9.17, 15) is 0 Å². The summed E-state index contributed by atoms with van der Waals surface area (Å²) in [5.74, 6) is 7.06. The number of rotatable bonds is 4. The number of ether oxygens (including phenoxy) is 2. The maximum Gasteiger partial charge on any atom is 0.0850 e. The Kier molecular flexibility index (Phi) is 5.01. The van der Waals surface area contributed by atoms with Crippen molar-refractivity contribution in [2.75, 3.05) is 20.3 Å². The van der Waals surface area contributed by atoms with Gasteiger partial charge in [-0.15, -0.1) is 0 Å². The third-order valence-corrected chi connectivity index (χ3v) is 4.81. The van der Waals surface area contributed by atoms with Gasteiger partial charge in [-0.2, -0.15) is 0 Å². The SMILES string of the molecule is COC1(C(NN)C2CCCOC2)CCCC(C)C1. The van der Waals surface area contributed by atoms with Gasteiger partial charge in [0, 0.05) is 19.6 Å². The molecule has 0 aromatic heterocycles. The Labute approximate surface area is 111 Å². The summed E-state index contributed by atoms with van der Waals surface area (Å²) in [6, 6.07) is 0.213. The van der Waals surface area contributed by atoms with Gasteiger partial charge >= 0.3 is 0 Å². The molecule has 0 radical (unpaired) electrons. The van der Waals surface area contributed by atoms with Gasteiger partial charge in [-0.25, -0.2) is 0 Å². The lowest BCUT2D eigenvalue weighted by Gasteiger charge is -2.47. The predicted octanol–water partition coefficient (Wildman–Crippen LogP) is 1.84. The molecule has 2 fully saturated rings. The molecule has 0 aromatic rings. The van der Waals surface area contributed by atoms with Gasteiger partial charge < -0.3 is 9.47 Å². The summed E-state index contributed by atoms with van der Waals surface area (Å²) in [6.07, 6.45) is 7.09. The highest BCUT2D eigenvalue weighted by atomic mass is 16.5. The van der Waals surface area contributed by atoms with Crippen LogP contribution in [0.5, 0.6) is 0 Å². The highest BCUT2D eigenvalue weighted by molar-refractivity contribution is 4.99. The molecule has 0 spiro atoms. The van der Waals surface area contributed by atoms with Crippen LogP contribution in [0.4, 0.5) is 0 Å². The molecular formula is C14H28N2O2. The van der Waals surface area contributed by atoms with Crippen molar-refractivity contribution in [3.8, 4) is 0 Å². The van der Waals surface area contributed by atoms with Crippen molar-refractivity contribution in [1.29, 1.82) is 0 Å². The molecule has 4 nitrogen and oxygen atoms in total. The van der Waals surface area contributed by atoms with Gasteiger partial charge in [0.1, 0.15) is 0 Å². The van der Waals surface area contributed by atoms with E-state index in [1.807, 2.05) is 7.11 Å². The van der Waals surface area contributed by atoms with Gasteiger partial charge in [0.2, 0.25) is 0 Å². The summed E-state index contributed by atoms with van der Waals surface area (Å²) in [5, 5.41) is 0. The number of hydrogen-bond acceptors (Lipinski definition) is 4. The molecular weight excluding hydrogens is 228 g/mol. The lowest BCUT2D eigenvalue weighted by atomic mass is 9.70. The third kappa shape index (κ3) is 2.87. The first-order valence-corrected chi connectivity index (χ1v) is 7.31. The average Bonchev–Trinajstić information content (AvgIpc) is 2.41. The molecule has 2 rings (SSSR count). The fourth-order valence-corrected chi connectivity index (χ4v) is 3.88. The summed E-state index contributed by atoms with van der Waals surface area (Å²) in [6.45, 7) is 4.02. The molecule has 2 aliphatic rings. The van der Waals surface area contributed by atoms with Gasteiger partial charge in [0.05, 0.1) is 18.2 Å². The number of hydrogen-bond donors (Lipinski definition) is 2. The van der Waals surface area contributed by atoms with Crippen LogP contribution in [0, 0.1) is 11.8 Å². The minimum atomic E-state index is -0.0994. The molecule has 1 heterocycles. The second kappa shape index (κ2) is 6.33. The summed E-state index contributed by atoms with van der Waals surface area (Å²) in [5.41, 5.74) is 2.95. The van der Waals surface area contributed by atoms with E-state index in [0.717, 1.165) is 38.4 Å². The fraction of sp³-hybridized carbons (Fsp3) is 1.00. The lowest BCUT2D eigenvalue weighted by Crippen LogP contribution is -2.60. The summed E-state index contributed by atoms with van der Waals surface area (Å²) in [7, 11) is 1.84. The number of nitrogens with one attached hydrogen (secondary N) is 1. The topological polar surface area (TPSA) is 56.5 Å². The first kappa shape index (κ1) is 14.3. The normalized spacial score (nSPS) is 39.5. The van der Waals surface area contributed by atoms with Crippen LogP contribution in [0.25, 0.3) is 0 Å². The lowest BCUT2D eigenvalue weighted by molar-refractivity contribution is -0.107. The molecule has 4 atom stereocenters. The van der Waals surface area contributed by atoms with Crippen molar-refractivity contribution < 1.29 is 9.47 Å². The first-order chi connectivity index (χ1) is 8.72. The molecule has 18 heavy (non-hydrogen) atoms. The monoisotopic (exact) mass is 256 g/mol. The van der Waals surface area contributed by atoms with E-state index in [2.05, 4.69) is 12.3 Å². The number of nitrogens with two attached hydrogens (primary N) is 1. The maximum atomic E-state index is 5.96. The van der Waals surface area contributed by atoms with Crippen LogP contribution in [-0.2, 0) is 9.47 Å². The van der Waals surface area contributed by atoms with Crippen LogP contribution in [0.15, 0.2) is 0 Å². The van der Waals surface area contributed by atoms with E-state index < -0.39 is 0 Å². The van der Waals surface area contributed by atoms with Gasteiger partial charge in [0.15, 0.2) is 0 Å². The molecule has 3 N–H and O–H groups in total. The minimum Gasteiger partial charge on any atom is -0.381 e.